The minimum Gasteiger partial charge on any atom is -0.497 e. The lowest BCUT2D eigenvalue weighted by Crippen LogP contribution is -2.64. The number of amides is 1. The second-order valence-electron chi connectivity index (χ2n) is 18.6. The maximum absolute atomic E-state index is 14.4. The quantitative estimate of drug-likeness (QED) is 0.157. The van der Waals surface area contributed by atoms with Crippen molar-refractivity contribution in [1.82, 2.24) is 4.90 Å². The van der Waals surface area contributed by atoms with Gasteiger partial charge in [-0.25, -0.2) is 4.79 Å². The van der Waals surface area contributed by atoms with Crippen molar-refractivity contribution in [2.45, 2.75) is 167 Å². The summed E-state index contributed by atoms with van der Waals surface area (Å²) in [6.07, 6.45) is 6.38. The number of aliphatic hydroxyl groups excluding tert-OH is 1. The van der Waals surface area contributed by atoms with Gasteiger partial charge in [0.15, 0.2) is 0 Å². The molecule has 62 heavy (non-hydrogen) atoms. The van der Waals surface area contributed by atoms with Crippen molar-refractivity contribution < 1.29 is 57.8 Å². The number of benzene rings is 1. The van der Waals surface area contributed by atoms with Crippen LogP contribution in [0.2, 0.25) is 0 Å². The number of ketones is 2. The van der Waals surface area contributed by atoms with Gasteiger partial charge in [-0.05, 0) is 132 Å². The molecule has 13 unspecified atom stereocenters. The van der Waals surface area contributed by atoms with E-state index < -0.39 is 65.9 Å². The Morgan fingerprint density at radius 2 is 1.58 bits per heavy atom. The molecule has 13 nitrogen and oxygen atoms in total. The molecule has 1 aromatic carbocycles. The van der Waals surface area contributed by atoms with Gasteiger partial charge in [-0.1, -0.05) is 45.4 Å². The van der Waals surface area contributed by atoms with E-state index >= 15 is 0 Å². The standard InChI is InChI=1S/C49H73NO12/c1-10-35-24-29(2)23-30(3)25-42(58-8)45-43(59-9)27-33(6)49(56,62-45)46(53)47(54)50-22-12-11-13-38(50)48(55)61-44(31(4)14-20-39(35)51)32(5)26-34-15-21-41(40(52)28-34)60-37-18-16-36(57-7)17-19-37/h16-19,24,26,30-31,33-35,38,40-45,52,56H,10-15,20-23,25,27-28H2,1-9H3/b29-24+,32-26?. The Kier molecular flexibility index (Phi) is 17.8. The Bertz CT molecular complexity index is 1740. The first-order chi connectivity index (χ1) is 29.5. The number of hydrogen-bond acceptors (Lipinski definition) is 12. The minimum absolute atomic E-state index is 0.0267. The molecule has 5 rings (SSSR count). The fourth-order valence-electron chi connectivity index (χ4n) is 10.1. The van der Waals surface area contributed by atoms with Crippen LogP contribution >= 0.6 is 0 Å². The lowest BCUT2D eigenvalue weighted by atomic mass is 9.82. The van der Waals surface area contributed by atoms with Gasteiger partial charge >= 0.3 is 5.97 Å². The first-order valence-corrected chi connectivity index (χ1v) is 22.9. The molecule has 13 atom stereocenters. The van der Waals surface area contributed by atoms with Crippen LogP contribution in [-0.2, 0) is 38.1 Å². The van der Waals surface area contributed by atoms with Crippen LogP contribution in [-0.4, -0.2) is 115 Å². The number of methoxy groups -OCH3 is 3. The number of nitrogens with zero attached hydrogens (tertiary/aromatic N) is 1. The number of hydrogen-bond donors (Lipinski definition) is 2. The minimum atomic E-state index is -2.48. The van der Waals surface area contributed by atoms with E-state index in [-0.39, 0.29) is 61.4 Å². The first kappa shape index (κ1) is 49.4. The summed E-state index contributed by atoms with van der Waals surface area (Å²) in [5, 5.41) is 23.3. The molecule has 3 aliphatic heterocycles. The highest BCUT2D eigenvalue weighted by Crippen LogP contribution is 2.39. The smallest absolute Gasteiger partial charge is 0.329 e. The molecule has 1 aromatic rings. The van der Waals surface area contributed by atoms with Crippen LogP contribution in [0.1, 0.15) is 119 Å². The van der Waals surface area contributed by atoms with Gasteiger partial charge in [0.05, 0.1) is 25.4 Å². The third kappa shape index (κ3) is 11.9. The van der Waals surface area contributed by atoms with Crippen molar-refractivity contribution in [3.63, 3.8) is 0 Å². The molecule has 346 valence electrons. The molecule has 1 amide bonds. The number of Topliss-reactive ketones (excluding diaryl/α,β-unsaturated/α-hetero) is 2. The van der Waals surface area contributed by atoms with E-state index in [2.05, 4.69) is 19.1 Å². The van der Waals surface area contributed by atoms with Gasteiger partial charge in [-0.15, -0.1) is 0 Å². The van der Waals surface area contributed by atoms with E-state index in [9.17, 15) is 29.4 Å². The van der Waals surface area contributed by atoms with Crippen LogP contribution in [0.4, 0.5) is 0 Å². The summed E-state index contributed by atoms with van der Waals surface area (Å²) in [6.45, 7) is 11.8. The van der Waals surface area contributed by atoms with Gasteiger partial charge < -0.3 is 43.5 Å². The van der Waals surface area contributed by atoms with Gasteiger partial charge in [-0.3, -0.25) is 14.4 Å². The molecule has 2 N–H and O–H groups in total. The Morgan fingerprint density at radius 3 is 2.23 bits per heavy atom. The van der Waals surface area contributed by atoms with Crippen LogP contribution in [0.3, 0.4) is 0 Å². The topological polar surface area (TPSA) is 167 Å². The molecule has 2 bridgehead atoms. The lowest BCUT2D eigenvalue weighted by Gasteiger charge is -2.47. The molecule has 0 aromatic heterocycles. The third-order valence-corrected chi connectivity index (χ3v) is 13.8. The molecular weight excluding hydrogens is 795 g/mol. The van der Waals surface area contributed by atoms with Gasteiger partial charge in [0, 0.05) is 39.0 Å². The molecule has 1 saturated carbocycles. The van der Waals surface area contributed by atoms with Crippen molar-refractivity contribution in [3.8, 4) is 11.5 Å². The molecule has 0 spiro atoms. The predicted molar refractivity (Wildman–Crippen MR) is 233 cm³/mol. The summed E-state index contributed by atoms with van der Waals surface area (Å²) in [5.74, 6) is -5.09. The lowest BCUT2D eigenvalue weighted by molar-refractivity contribution is -0.302. The summed E-state index contributed by atoms with van der Waals surface area (Å²) < 4.78 is 35.9. The summed E-state index contributed by atoms with van der Waals surface area (Å²) >= 11 is 0. The zero-order valence-electron chi connectivity index (χ0n) is 38.5. The predicted octanol–water partition coefficient (Wildman–Crippen LogP) is 6.94. The van der Waals surface area contributed by atoms with E-state index in [0.29, 0.717) is 62.9 Å². The molecule has 3 heterocycles. The van der Waals surface area contributed by atoms with Crippen LogP contribution in [0.25, 0.3) is 0 Å². The maximum atomic E-state index is 14.4. The number of esters is 1. The van der Waals surface area contributed by atoms with Crippen LogP contribution < -0.4 is 9.47 Å². The van der Waals surface area contributed by atoms with E-state index in [1.54, 1.807) is 28.3 Å². The second kappa shape index (κ2) is 22.3. The van der Waals surface area contributed by atoms with E-state index in [1.165, 1.54) is 4.90 Å². The molecule has 2 saturated heterocycles. The van der Waals surface area contributed by atoms with Crippen LogP contribution in [0.15, 0.2) is 47.6 Å². The Balaban J connectivity index is 1.44. The largest absolute Gasteiger partial charge is 0.497 e. The number of ether oxygens (including phenoxy) is 6. The molecule has 3 fully saturated rings. The fraction of sp³-hybridized carbons (Fsp3) is 0.714. The highest BCUT2D eigenvalue weighted by molar-refractivity contribution is 6.39. The van der Waals surface area contributed by atoms with Gasteiger partial charge in [0.2, 0.25) is 5.79 Å². The average molecular weight is 868 g/mol. The van der Waals surface area contributed by atoms with Gasteiger partial charge in [-0.2, -0.15) is 0 Å². The van der Waals surface area contributed by atoms with E-state index in [0.717, 1.165) is 17.6 Å². The summed E-state index contributed by atoms with van der Waals surface area (Å²) in [7, 11) is 4.70. The highest BCUT2D eigenvalue weighted by atomic mass is 16.7. The second-order valence-corrected chi connectivity index (χ2v) is 18.6. The summed E-state index contributed by atoms with van der Waals surface area (Å²) in [6, 6.07) is 6.20. The van der Waals surface area contributed by atoms with Crippen molar-refractivity contribution in [1.29, 1.82) is 0 Å². The zero-order valence-corrected chi connectivity index (χ0v) is 38.5. The fourth-order valence-corrected chi connectivity index (χ4v) is 10.1. The highest BCUT2D eigenvalue weighted by Gasteiger charge is 2.56. The van der Waals surface area contributed by atoms with Crippen molar-refractivity contribution in [2.24, 2.45) is 29.6 Å². The summed E-state index contributed by atoms with van der Waals surface area (Å²) in [4.78, 5) is 58.1. The zero-order chi connectivity index (χ0) is 45.3. The Hall–Kier alpha value is -3.62. The number of rotatable bonds is 8. The van der Waals surface area contributed by atoms with Crippen LogP contribution in [0, 0.1) is 29.6 Å². The van der Waals surface area contributed by atoms with Gasteiger partial charge in [0.1, 0.15) is 41.6 Å². The molecule has 1 aliphatic carbocycles. The third-order valence-electron chi connectivity index (χ3n) is 13.8. The summed E-state index contributed by atoms with van der Waals surface area (Å²) in [5.41, 5.74) is 1.86. The van der Waals surface area contributed by atoms with E-state index in [4.69, 9.17) is 28.4 Å². The monoisotopic (exact) mass is 868 g/mol. The number of carbonyl (C=O) groups is 4. The molecular formula is C49H73NO12. The number of carbonyl (C=O) groups excluding carboxylic acids is 4. The van der Waals surface area contributed by atoms with E-state index in [1.807, 2.05) is 52.0 Å². The first-order valence-electron chi connectivity index (χ1n) is 22.9. The number of cyclic esters (lactones) is 1. The van der Waals surface area contributed by atoms with Crippen LogP contribution in [0.5, 0.6) is 11.5 Å². The maximum Gasteiger partial charge on any atom is 0.329 e. The van der Waals surface area contributed by atoms with Crippen molar-refractivity contribution in [2.75, 3.05) is 27.9 Å². The normalized spacial score (nSPS) is 37.3. The average Bonchev–Trinajstić information content (AvgIpc) is 3.26. The Morgan fingerprint density at radius 1 is 0.903 bits per heavy atom. The molecule has 4 aliphatic rings. The number of fused-ring (bicyclic) bond motifs is 3. The van der Waals surface area contributed by atoms with Gasteiger partial charge in [0.25, 0.3) is 11.7 Å². The SMILES string of the molecule is CCC1/C=C(\C)CC(C)CC(OC)C2OC(O)(C(=O)C(=O)N3CCCCC3C(=O)OC(C(C)=CC3CCC(Oc4ccc(OC)cc4)C(O)C3)C(C)CCC1=O)C(C)CC2OC. The Labute approximate surface area is 368 Å². The molecule has 0 radical (unpaired) electrons. The van der Waals surface area contributed by atoms with Crippen molar-refractivity contribution >= 4 is 23.4 Å². The number of piperidine rings is 1. The molecule has 13 heteroatoms. The number of allylic oxidation sites excluding steroid dienone is 3. The van der Waals surface area contributed by atoms with Crippen molar-refractivity contribution in [3.05, 3.63) is 47.6 Å². The number of aliphatic hydroxyl groups is 2.